The van der Waals surface area contributed by atoms with E-state index in [1.54, 1.807) is 7.05 Å². The Hall–Kier alpha value is -1.26. The van der Waals surface area contributed by atoms with Crippen LogP contribution in [0.3, 0.4) is 0 Å². The first-order valence-corrected chi connectivity index (χ1v) is 3.97. The van der Waals surface area contributed by atoms with Gasteiger partial charge in [0.15, 0.2) is 5.82 Å². The summed E-state index contributed by atoms with van der Waals surface area (Å²) in [6.45, 7) is 1.98. The summed E-state index contributed by atoms with van der Waals surface area (Å²) < 4.78 is 1.52. The van der Waals surface area contributed by atoms with Crippen LogP contribution >= 0.6 is 0 Å². The third kappa shape index (κ3) is 2.11. The summed E-state index contributed by atoms with van der Waals surface area (Å²) in [5, 5.41) is 10.8. The molecule has 0 aliphatic heterocycles. The molecule has 0 amide bonds. The first-order chi connectivity index (χ1) is 5.74. The second-order valence-electron chi connectivity index (χ2n) is 2.68. The molecule has 1 aromatic rings. The van der Waals surface area contributed by atoms with Crippen LogP contribution in [0.25, 0.3) is 0 Å². The summed E-state index contributed by atoms with van der Waals surface area (Å²) in [7, 11) is 1.73. The molecular formula is C7H12N4O. The van der Waals surface area contributed by atoms with Crippen LogP contribution < -0.4 is 0 Å². The molecule has 5 nitrogen and oxygen atoms in total. The zero-order chi connectivity index (χ0) is 8.97. The highest BCUT2D eigenvalue weighted by molar-refractivity contribution is 5.79. The predicted molar refractivity (Wildman–Crippen MR) is 42.4 cm³/mol. The normalized spacial score (nSPS) is 10.2. The maximum Gasteiger partial charge on any atom is 0.158 e. The van der Waals surface area contributed by atoms with Gasteiger partial charge in [-0.1, -0.05) is 6.92 Å². The molecule has 0 aliphatic carbocycles. The summed E-state index contributed by atoms with van der Waals surface area (Å²) in [4.78, 5) is 11.2. The average molecular weight is 168 g/mol. The molecule has 1 aromatic heterocycles. The molecule has 0 atom stereocenters. The number of tetrazole rings is 1. The van der Waals surface area contributed by atoms with Gasteiger partial charge in [0.05, 0.1) is 6.42 Å². The van der Waals surface area contributed by atoms with Gasteiger partial charge in [-0.05, 0) is 16.8 Å². The Morgan fingerprint density at radius 2 is 2.33 bits per heavy atom. The van der Waals surface area contributed by atoms with E-state index in [-0.39, 0.29) is 5.78 Å². The largest absolute Gasteiger partial charge is 0.299 e. The van der Waals surface area contributed by atoms with E-state index in [0.29, 0.717) is 18.7 Å². The van der Waals surface area contributed by atoms with Crippen LogP contribution in [-0.2, 0) is 18.3 Å². The molecule has 0 aliphatic rings. The lowest BCUT2D eigenvalue weighted by atomic mass is 10.2. The van der Waals surface area contributed by atoms with E-state index in [1.165, 1.54) is 4.68 Å². The van der Waals surface area contributed by atoms with Gasteiger partial charge in [0, 0.05) is 13.5 Å². The minimum absolute atomic E-state index is 0.190. The highest BCUT2D eigenvalue weighted by Crippen LogP contribution is 1.97. The van der Waals surface area contributed by atoms with Crippen molar-refractivity contribution in [1.82, 2.24) is 20.2 Å². The van der Waals surface area contributed by atoms with Crippen LogP contribution in [0.5, 0.6) is 0 Å². The third-order valence-corrected chi connectivity index (χ3v) is 1.59. The second kappa shape index (κ2) is 3.94. The summed E-state index contributed by atoms with van der Waals surface area (Å²) in [5.74, 6) is 0.823. The molecule has 0 spiro atoms. The quantitative estimate of drug-likeness (QED) is 0.640. The lowest BCUT2D eigenvalue weighted by Gasteiger charge is -1.96. The minimum atomic E-state index is 0.190. The standard InChI is InChI=1S/C7H12N4O/c1-3-4-6(12)5-7-8-9-10-11(7)2/h3-5H2,1-2H3. The van der Waals surface area contributed by atoms with E-state index in [2.05, 4.69) is 15.5 Å². The molecule has 0 saturated heterocycles. The topological polar surface area (TPSA) is 60.7 Å². The fraction of sp³-hybridized carbons (Fsp3) is 0.714. The Labute approximate surface area is 70.8 Å². The van der Waals surface area contributed by atoms with Gasteiger partial charge in [-0.25, -0.2) is 4.68 Å². The van der Waals surface area contributed by atoms with Crippen molar-refractivity contribution in [2.24, 2.45) is 7.05 Å². The SMILES string of the molecule is CCCC(=O)Cc1nnnn1C. The van der Waals surface area contributed by atoms with Crippen LogP contribution in [-0.4, -0.2) is 26.0 Å². The number of Topliss-reactive ketones (excluding diaryl/α,β-unsaturated/α-hetero) is 1. The maximum atomic E-state index is 11.2. The molecule has 0 bridgehead atoms. The third-order valence-electron chi connectivity index (χ3n) is 1.59. The van der Waals surface area contributed by atoms with Crippen LogP contribution in [0.4, 0.5) is 0 Å². The smallest absolute Gasteiger partial charge is 0.158 e. The average Bonchev–Trinajstić information content (AvgIpc) is 2.37. The van der Waals surface area contributed by atoms with E-state index in [9.17, 15) is 4.79 Å². The Morgan fingerprint density at radius 3 is 2.83 bits per heavy atom. The molecule has 1 rings (SSSR count). The number of ketones is 1. The molecular weight excluding hydrogens is 156 g/mol. The zero-order valence-electron chi connectivity index (χ0n) is 7.32. The Bertz CT molecular complexity index is 268. The first kappa shape index (κ1) is 8.83. The summed E-state index contributed by atoms with van der Waals surface area (Å²) >= 11 is 0. The van der Waals surface area contributed by atoms with E-state index in [1.807, 2.05) is 6.92 Å². The molecule has 0 unspecified atom stereocenters. The lowest BCUT2D eigenvalue weighted by molar-refractivity contribution is -0.118. The second-order valence-corrected chi connectivity index (χ2v) is 2.68. The van der Waals surface area contributed by atoms with Gasteiger partial charge in [-0.3, -0.25) is 4.79 Å². The van der Waals surface area contributed by atoms with E-state index >= 15 is 0 Å². The van der Waals surface area contributed by atoms with Gasteiger partial charge in [-0.15, -0.1) is 5.10 Å². The fourth-order valence-electron chi connectivity index (χ4n) is 0.941. The van der Waals surface area contributed by atoms with Crippen LogP contribution in [0.2, 0.25) is 0 Å². The van der Waals surface area contributed by atoms with Crippen molar-refractivity contribution in [1.29, 1.82) is 0 Å². The van der Waals surface area contributed by atoms with Crippen molar-refractivity contribution >= 4 is 5.78 Å². The number of carbonyl (C=O) groups is 1. The van der Waals surface area contributed by atoms with Crippen molar-refractivity contribution in [3.63, 3.8) is 0 Å². The molecule has 0 fully saturated rings. The molecule has 66 valence electrons. The van der Waals surface area contributed by atoms with Gasteiger partial charge in [0.25, 0.3) is 0 Å². The first-order valence-electron chi connectivity index (χ1n) is 3.97. The molecule has 0 N–H and O–H groups in total. The van der Waals surface area contributed by atoms with E-state index in [0.717, 1.165) is 6.42 Å². The molecule has 0 radical (unpaired) electrons. The summed E-state index contributed by atoms with van der Waals surface area (Å²) in [6, 6.07) is 0. The monoisotopic (exact) mass is 168 g/mol. The van der Waals surface area contributed by atoms with Crippen molar-refractivity contribution in [2.75, 3.05) is 0 Å². The van der Waals surface area contributed by atoms with Gasteiger partial charge >= 0.3 is 0 Å². The highest BCUT2D eigenvalue weighted by atomic mass is 16.1. The number of carbonyl (C=O) groups excluding carboxylic acids is 1. The molecule has 0 saturated carbocycles. The van der Waals surface area contributed by atoms with Gasteiger partial charge in [0.2, 0.25) is 0 Å². The van der Waals surface area contributed by atoms with Gasteiger partial charge < -0.3 is 0 Å². The number of aryl methyl sites for hydroxylation is 1. The molecule has 1 heterocycles. The van der Waals surface area contributed by atoms with Crippen molar-refractivity contribution < 1.29 is 4.79 Å². The van der Waals surface area contributed by atoms with E-state index < -0.39 is 0 Å². The minimum Gasteiger partial charge on any atom is -0.299 e. The Kier molecular flexibility index (Phi) is 2.90. The molecule has 12 heavy (non-hydrogen) atoms. The summed E-state index contributed by atoms with van der Waals surface area (Å²) in [5.41, 5.74) is 0. The maximum absolute atomic E-state index is 11.2. The van der Waals surface area contributed by atoms with Crippen LogP contribution in [0.15, 0.2) is 0 Å². The van der Waals surface area contributed by atoms with Gasteiger partial charge in [0.1, 0.15) is 5.78 Å². The number of nitrogens with zero attached hydrogens (tertiary/aromatic N) is 4. The predicted octanol–water partition coefficient (Wildman–Crippen LogP) is 0.122. The van der Waals surface area contributed by atoms with Crippen molar-refractivity contribution in [2.45, 2.75) is 26.2 Å². The van der Waals surface area contributed by atoms with Crippen molar-refractivity contribution in [3.8, 4) is 0 Å². The number of rotatable bonds is 4. The lowest BCUT2D eigenvalue weighted by Crippen LogP contribution is -2.07. The Balaban J connectivity index is 2.52. The van der Waals surface area contributed by atoms with Gasteiger partial charge in [-0.2, -0.15) is 0 Å². The highest BCUT2D eigenvalue weighted by Gasteiger charge is 2.07. The molecule has 0 aromatic carbocycles. The zero-order valence-corrected chi connectivity index (χ0v) is 7.32. The van der Waals surface area contributed by atoms with E-state index in [4.69, 9.17) is 0 Å². The Morgan fingerprint density at radius 1 is 1.58 bits per heavy atom. The van der Waals surface area contributed by atoms with Crippen molar-refractivity contribution in [3.05, 3.63) is 5.82 Å². The fourth-order valence-corrected chi connectivity index (χ4v) is 0.941. The number of aromatic nitrogens is 4. The number of hydrogen-bond acceptors (Lipinski definition) is 4. The van der Waals surface area contributed by atoms with Crippen LogP contribution in [0, 0.1) is 0 Å². The molecule has 5 heteroatoms. The summed E-state index contributed by atoms with van der Waals surface area (Å²) in [6.07, 6.45) is 1.83. The number of hydrogen-bond donors (Lipinski definition) is 0. The van der Waals surface area contributed by atoms with Crippen LogP contribution in [0.1, 0.15) is 25.6 Å².